The molecule has 0 saturated heterocycles. The van der Waals surface area contributed by atoms with Crippen molar-refractivity contribution in [1.82, 2.24) is 10.1 Å². The van der Waals surface area contributed by atoms with E-state index in [0.29, 0.717) is 22.2 Å². The highest BCUT2D eigenvalue weighted by atomic mass is 32.2. The van der Waals surface area contributed by atoms with Crippen LogP contribution in [-0.4, -0.2) is 21.3 Å². The molecule has 28 heavy (non-hydrogen) atoms. The molecule has 10 heteroatoms. The second-order valence-electron chi connectivity index (χ2n) is 5.70. The molecule has 0 bridgehead atoms. The molecule has 0 aliphatic carbocycles. The number of nitrogen functional groups attached to an aromatic ring is 1. The monoisotopic (exact) mass is 410 g/mol. The molecule has 140 valence electrons. The van der Waals surface area contributed by atoms with Crippen LogP contribution in [0.15, 0.2) is 33.1 Å². The number of aromatic nitrogens is 2. The first-order valence-corrected chi connectivity index (χ1v) is 9.79. The molecule has 1 amide bonds. The number of hydrogen-bond acceptors (Lipinski definition) is 9. The van der Waals surface area contributed by atoms with Gasteiger partial charge < -0.3 is 15.6 Å². The summed E-state index contributed by atoms with van der Waals surface area (Å²) >= 11 is 2.47. The van der Waals surface area contributed by atoms with Gasteiger partial charge in [-0.25, -0.2) is 4.98 Å². The fourth-order valence-electron chi connectivity index (χ4n) is 2.42. The maximum Gasteiger partial charge on any atom is 0.238 e. The summed E-state index contributed by atoms with van der Waals surface area (Å²) in [6.45, 7) is 3.39. The number of aryl methyl sites for hydroxylation is 1. The van der Waals surface area contributed by atoms with E-state index in [0.717, 1.165) is 16.6 Å². The number of carbonyl (C=O) groups is 1. The van der Waals surface area contributed by atoms with Crippen molar-refractivity contribution in [2.45, 2.75) is 24.1 Å². The van der Waals surface area contributed by atoms with Crippen LogP contribution in [0.5, 0.6) is 0 Å². The Labute approximate surface area is 169 Å². The van der Waals surface area contributed by atoms with Gasteiger partial charge in [-0.05, 0) is 25.3 Å². The van der Waals surface area contributed by atoms with Gasteiger partial charge in [-0.15, -0.1) is 11.3 Å². The average molecular weight is 410 g/mol. The first-order chi connectivity index (χ1) is 13.4. The Morgan fingerprint density at radius 3 is 2.71 bits per heavy atom. The second kappa shape index (κ2) is 8.13. The fraction of sp³-hybridized carbons (Fsp3) is 0.167. The van der Waals surface area contributed by atoms with Crippen molar-refractivity contribution in [3.63, 3.8) is 0 Å². The number of nitrogens with two attached hydrogens (primary N) is 1. The Kier molecular flexibility index (Phi) is 5.64. The number of thioether (sulfide) groups is 1. The molecule has 0 spiro atoms. The Bertz CT molecular complexity index is 1110. The highest BCUT2D eigenvalue weighted by Crippen LogP contribution is 2.38. The predicted molar refractivity (Wildman–Crippen MR) is 107 cm³/mol. The van der Waals surface area contributed by atoms with Crippen LogP contribution in [0.1, 0.15) is 23.8 Å². The molecule has 3 heterocycles. The van der Waals surface area contributed by atoms with Crippen molar-refractivity contribution in [3.05, 3.63) is 40.5 Å². The lowest BCUT2D eigenvalue weighted by Crippen LogP contribution is -2.23. The van der Waals surface area contributed by atoms with Gasteiger partial charge >= 0.3 is 0 Å². The first kappa shape index (κ1) is 19.4. The molecular formula is C18H14N6O2S2. The van der Waals surface area contributed by atoms with Crippen molar-refractivity contribution in [1.29, 1.82) is 10.5 Å². The largest absolute Gasteiger partial charge is 0.383 e. The van der Waals surface area contributed by atoms with E-state index in [9.17, 15) is 15.3 Å². The fourth-order valence-corrected chi connectivity index (χ4v) is 4.13. The maximum atomic E-state index is 12.4. The molecule has 0 fully saturated rings. The zero-order valence-electron chi connectivity index (χ0n) is 14.9. The summed E-state index contributed by atoms with van der Waals surface area (Å²) in [5.74, 6) is 0.572. The number of carbonyl (C=O) groups excluding carboxylic acids is 1. The molecule has 0 saturated carbocycles. The Hall–Kier alpha value is -3.34. The smallest absolute Gasteiger partial charge is 0.238 e. The van der Waals surface area contributed by atoms with Gasteiger partial charge in [0, 0.05) is 16.5 Å². The predicted octanol–water partition coefficient (Wildman–Crippen LogP) is 3.55. The number of rotatable bonds is 5. The molecule has 1 atom stereocenters. The molecule has 1 unspecified atom stereocenters. The van der Waals surface area contributed by atoms with Crippen LogP contribution in [0.2, 0.25) is 0 Å². The number of thiophene rings is 1. The van der Waals surface area contributed by atoms with Crippen LogP contribution in [0.4, 0.5) is 11.6 Å². The third-order valence-corrected chi connectivity index (χ3v) is 5.69. The lowest BCUT2D eigenvalue weighted by Gasteiger charge is -2.14. The standard InChI is InChI=1S/C18H14N6O2S2/c1-9-6-14(24-26-9)22-17(25)10(2)28-18-12(8-20)15(13-4-3-5-27-13)11(7-19)16(21)23-18/h3-6,10H,1-2H3,(H2,21,23)(H,22,24,25). The molecule has 3 N–H and O–H groups in total. The van der Waals surface area contributed by atoms with Crippen LogP contribution in [0.3, 0.4) is 0 Å². The van der Waals surface area contributed by atoms with E-state index in [2.05, 4.69) is 21.5 Å². The lowest BCUT2D eigenvalue weighted by molar-refractivity contribution is -0.115. The molecule has 3 aromatic rings. The van der Waals surface area contributed by atoms with Gasteiger partial charge in [0.25, 0.3) is 0 Å². The summed E-state index contributed by atoms with van der Waals surface area (Å²) in [7, 11) is 0. The van der Waals surface area contributed by atoms with Gasteiger partial charge in [0.15, 0.2) is 5.82 Å². The molecule has 0 aliphatic rings. The Balaban J connectivity index is 1.95. The summed E-state index contributed by atoms with van der Waals surface area (Å²) in [4.78, 5) is 17.4. The SMILES string of the molecule is Cc1cc(NC(=O)C(C)Sc2nc(N)c(C#N)c(-c3cccs3)c2C#N)no1. The van der Waals surface area contributed by atoms with Gasteiger partial charge in [0.1, 0.15) is 34.3 Å². The van der Waals surface area contributed by atoms with Crippen molar-refractivity contribution < 1.29 is 9.32 Å². The lowest BCUT2D eigenvalue weighted by atomic mass is 10.0. The van der Waals surface area contributed by atoms with Gasteiger partial charge in [-0.3, -0.25) is 4.79 Å². The van der Waals surface area contributed by atoms with Crippen LogP contribution in [-0.2, 0) is 4.79 Å². The molecular weight excluding hydrogens is 396 g/mol. The number of nitrogens with one attached hydrogen (secondary N) is 1. The van der Waals surface area contributed by atoms with Crippen molar-refractivity contribution >= 4 is 40.6 Å². The van der Waals surface area contributed by atoms with Gasteiger partial charge in [-0.2, -0.15) is 10.5 Å². The molecule has 3 aromatic heterocycles. The minimum Gasteiger partial charge on any atom is -0.383 e. The van der Waals surface area contributed by atoms with E-state index in [1.54, 1.807) is 26.0 Å². The molecule has 0 aromatic carbocycles. The maximum absolute atomic E-state index is 12.4. The second-order valence-corrected chi connectivity index (χ2v) is 7.98. The number of nitriles is 2. The molecule has 0 radical (unpaired) electrons. The van der Waals surface area contributed by atoms with Crippen LogP contribution in [0, 0.1) is 29.6 Å². The van der Waals surface area contributed by atoms with E-state index < -0.39 is 5.25 Å². The summed E-state index contributed by atoms with van der Waals surface area (Å²) < 4.78 is 4.93. The van der Waals surface area contributed by atoms with E-state index in [-0.39, 0.29) is 22.9 Å². The molecule has 8 nitrogen and oxygen atoms in total. The normalized spacial score (nSPS) is 11.4. The Morgan fingerprint density at radius 1 is 1.39 bits per heavy atom. The summed E-state index contributed by atoms with van der Waals surface area (Å²) in [6, 6.07) is 9.36. The number of anilines is 2. The van der Waals surface area contributed by atoms with E-state index in [4.69, 9.17) is 10.3 Å². The van der Waals surface area contributed by atoms with Crippen LogP contribution < -0.4 is 11.1 Å². The summed E-state index contributed by atoms with van der Waals surface area (Å²) in [6.07, 6.45) is 0. The van der Waals surface area contributed by atoms with Gasteiger partial charge in [-0.1, -0.05) is 23.0 Å². The van der Waals surface area contributed by atoms with E-state index in [1.165, 1.54) is 11.3 Å². The highest BCUT2D eigenvalue weighted by molar-refractivity contribution is 8.00. The van der Waals surface area contributed by atoms with E-state index in [1.807, 2.05) is 17.5 Å². The molecule has 0 aliphatic heterocycles. The minimum atomic E-state index is -0.597. The van der Waals surface area contributed by atoms with Crippen molar-refractivity contribution in [2.24, 2.45) is 0 Å². The van der Waals surface area contributed by atoms with Crippen molar-refractivity contribution in [2.75, 3.05) is 11.1 Å². The summed E-state index contributed by atoms with van der Waals surface area (Å²) in [5, 5.41) is 27.1. The topological polar surface area (TPSA) is 142 Å². The third kappa shape index (κ3) is 3.83. The van der Waals surface area contributed by atoms with Gasteiger partial charge in [0.2, 0.25) is 5.91 Å². The number of pyridine rings is 1. The Morgan fingerprint density at radius 2 is 2.14 bits per heavy atom. The van der Waals surface area contributed by atoms with Gasteiger partial charge in [0.05, 0.1) is 10.8 Å². The first-order valence-electron chi connectivity index (χ1n) is 8.03. The van der Waals surface area contributed by atoms with Crippen LogP contribution in [0.25, 0.3) is 10.4 Å². The number of nitrogens with zero attached hydrogens (tertiary/aromatic N) is 4. The van der Waals surface area contributed by atoms with Crippen molar-refractivity contribution in [3.8, 4) is 22.6 Å². The van der Waals surface area contributed by atoms with Crippen LogP contribution >= 0.6 is 23.1 Å². The molecule has 3 rings (SSSR count). The van der Waals surface area contributed by atoms with E-state index >= 15 is 0 Å². The minimum absolute atomic E-state index is 0.0205. The highest BCUT2D eigenvalue weighted by Gasteiger charge is 2.24. The number of hydrogen-bond donors (Lipinski definition) is 2. The number of amides is 1. The zero-order chi connectivity index (χ0) is 20.3. The summed E-state index contributed by atoms with van der Waals surface area (Å²) in [5.41, 5.74) is 6.77. The zero-order valence-corrected chi connectivity index (χ0v) is 16.5. The average Bonchev–Trinajstić information content (AvgIpc) is 3.33. The third-order valence-electron chi connectivity index (χ3n) is 3.72. The quantitative estimate of drug-likeness (QED) is 0.608.